The standard InChI is InChI=1S/C91H130N20O22S/c1-11-13-23-70-84(126)99-61(34-49(3)4)81(123)105-68(79(121)96-43-74(94)114)47-134-48-75(115)97-64(36-52-27-29-55(112)30-28-52)87(129)106(8)51(7)78(120)101-66(40-76(116)117)89(131)110-33-19-26-71(110)85(127)104-67(41-93)83(125)102-63(35-50(5)6)90(132)111-45-56(113)39-73(111)86(128)100-62(37-53-42-95-59-22-17-15-20-57(53)59)82(124)98-60(31-32-92)80(122)103-65(88(130)108(10)72(24-14-12-2)91(133)107(70)9)38-54-44-109(46-77(118)119)69-25-18-16-21-58(54)69/h15-18,20-22,25,27-30,42,44,49-51,56,60-68,70-73,95,112-113H,11-14,19,23-24,26,31-41,43,45-48,92-93H2,1-10H3,(H2,94,114)(H,96,121)(H,97,115)(H,98,124)(H,99,126)(H,100,128)(H,101,120)(H,102,125)(H,103,122)(H,104,127)(H,105,123)(H,116,117)(H,118,119)/t51-,56+,60-,61-,62-,63-,64-,65-,66-,67-,68-,70-,71-,72-,73-/m0/s1. The lowest BCUT2D eigenvalue weighted by Gasteiger charge is -2.36. The molecule has 0 spiro atoms. The van der Waals surface area contributed by atoms with Crippen LogP contribution in [0.3, 0.4) is 0 Å². The van der Waals surface area contributed by atoms with E-state index in [4.69, 9.17) is 17.2 Å². The third-order valence-electron chi connectivity index (χ3n) is 24.0. The Bertz CT molecular complexity index is 5050. The number of aliphatic carboxylic acids is 2. The maximum absolute atomic E-state index is 16.0. The van der Waals surface area contributed by atoms with E-state index in [0.717, 1.165) is 36.3 Å². The van der Waals surface area contributed by atoms with E-state index in [1.807, 2.05) is 13.8 Å². The van der Waals surface area contributed by atoms with E-state index < -0.39 is 248 Å². The van der Waals surface area contributed by atoms with Gasteiger partial charge in [0.25, 0.3) is 0 Å². The van der Waals surface area contributed by atoms with Crippen LogP contribution in [0.15, 0.2) is 85.2 Å². The minimum atomic E-state index is -1.89. The number of aromatic amines is 1. The summed E-state index contributed by atoms with van der Waals surface area (Å²) in [5.41, 5.74) is 20.2. The van der Waals surface area contributed by atoms with Crippen LogP contribution in [0, 0.1) is 11.8 Å². The molecule has 16 amide bonds. The van der Waals surface area contributed by atoms with E-state index in [-0.39, 0.29) is 94.9 Å². The van der Waals surface area contributed by atoms with Gasteiger partial charge in [0.05, 0.1) is 24.8 Å². The molecule has 21 N–H and O–H groups in total. The van der Waals surface area contributed by atoms with Crippen LogP contribution in [0.4, 0.5) is 0 Å². The zero-order valence-corrected chi connectivity index (χ0v) is 78.1. The molecule has 3 saturated heterocycles. The number of benzene rings is 3. The van der Waals surface area contributed by atoms with Crippen molar-refractivity contribution in [1.29, 1.82) is 0 Å². The number of carboxylic acid groups (broad SMARTS) is 2. The molecule has 5 heterocycles. The molecule has 42 nitrogen and oxygen atoms in total. The number of unbranched alkanes of at least 4 members (excludes halogenated alkanes) is 2. The maximum atomic E-state index is 16.0. The number of primary amides is 1. The van der Waals surface area contributed by atoms with Crippen molar-refractivity contribution in [2.45, 2.75) is 248 Å². The van der Waals surface area contributed by atoms with E-state index in [1.165, 1.54) is 63.1 Å². The quantitative estimate of drug-likeness (QED) is 0.0295. The lowest BCUT2D eigenvalue weighted by Crippen LogP contribution is -2.62. The van der Waals surface area contributed by atoms with Crippen molar-refractivity contribution in [1.82, 2.24) is 87.2 Å². The van der Waals surface area contributed by atoms with E-state index in [1.54, 1.807) is 82.4 Å². The molecule has 0 bridgehead atoms. The Labute approximate surface area is 780 Å². The van der Waals surface area contributed by atoms with Gasteiger partial charge in [-0.15, -0.1) is 11.8 Å². The highest BCUT2D eigenvalue weighted by Crippen LogP contribution is 2.29. The number of phenolic OH excluding ortho intramolecular Hbond substituents is 1. The van der Waals surface area contributed by atoms with Gasteiger partial charge in [0.2, 0.25) is 94.5 Å². The van der Waals surface area contributed by atoms with Crippen LogP contribution < -0.4 is 70.4 Å². The van der Waals surface area contributed by atoms with Crippen molar-refractivity contribution in [3.63, 3.8) is 0 Å². The first kappa shape index (κ1) is 107. The highest BCUT2D eigenvalue weighted by molar-refractivity contribution is 8.00. The first-order chi connectivity index (χ1) is 63.6. The second-order valence-electron chi connectivity index (χ2n) is 35.2. The molecule has 0 radical (unpaired) electrons. The molecule has 5 aromatic rings. The number of hydrogen-bond donors (Lipinski definition) is 18. The summed E-state index contributed by atoms with van der Waals surface area (Å²) in [6, 6.07) is -2.51. The van der Waals surface area contributed by atoms with Crippen LogP contribution >= 0.6 is 11.8 Å². The monoisotopic (exact) mass is 1890 g/mol. The molecule has 3 aromatic carbocycles. The number of nitrogens with zero attached hydrogens (tertiary/aromatic N) is 6. The molecule has 0 saturated carbocycles. The summed E-state index contributed by atoms with van der Waals surface area (Å²) in [6.07, 6.45) is 0.593. The van der Waals surface area contributed by atoms with Gasteiger partial charge in [0.15, 0.2) is 0 Å². The average Bonchev–Trinajstić information content (AvgIpc) is 1.64. The highest BCUT2D eigenvalue weighted by Gasteiger charge is 2.47. The number of hydrogen-bond acceptors (Lipinski definition) is 23. The number of thioether (sulfide) groups is 1. The highest BCUT2D eigenvalue weighted by atomic mass is 32.2. The van der Waals surface area contributed by atoms with Gasteiger partial charge in [-0.2, -0.15) is 0 Å². The Morgan fingerprint density at radius 3 is 1.73 bits per heavy atom. The summed E-state index contributed by atoms with van der Waals surface area (Å²) in [6.45, 7) is 9.12. The average molecular weight is 1890 g/mol. The van der Waals surface area contributed by atoms with Crippen LogP contribution in [0.1, 0.15) is 149 Å². The normalized spacial score (nSPS) is 24.9. The number of aromatic nitrogens is 2. The summed E-state index contributed by atoms with van der Waals surface area (Å²) < 4.78 is 1.44. The molecule has 3 fully saturated rings. The Kier molecular flexibility index (Phi) is 40.1. The van der Waals surface area contributed by atoms with Crippen molar-refractivity contribution in [3.05, 3.63) is 102 Å². The molecular weight excluding hydrogens is 1760 g/mol. The van der Waals surface area contributed by atoms with Crippen molar-refractivity contribution in [3.8, 4) is 5.75 Å². The van der Waals surface area contributed by atoms with Crippen molar-refractivity contribution >= 4 is 140 Å². The van der Waals surface area contributed by atoms with Crippen molar-refractivity contribution < 1.29 is 107 Å². The third-order valence-corrected chi connectivity index (χ3v) is 25.1. The van der Waals surface area contributed by atoms with Gasteiger partial charge in [-0.05, 0) is 111 Å². The number of likely N-dealkylation sites (N-methyl/N-ethyl adjacent to an activating group) is 3. The van der Waals surface area contributed by atoms with Crippen LogP contribution in [-0.4, -0.2) is 317 Å². The number of carbonyl (C=O) groups excluding carboxylic acids is 16. The van der Waals surface area contributed by atoms with Crippen LogP contribution in [0.2, 0.25) is 0 Å². The molecule has 15 atom stereocenters. The lowest BCUT2D eigenvalue weighted by molar-refractivity contribution is -0.149. The topological polar surface area (TPSA) is 623 Å². The number of amides is 16. The third kappa shape index (κ3) is 29.4. The molecule has 0 aliphatic carbocycles. The van der Waals surface area contributed by atoms with Crippen LogP contribution in [0.25, 0.3) is 21.8 Å². The number of nitrogens with one attached hydrogen (secondary N) is 11. The second-order valence-corrected chi connectivity index (χ2v) is 36.3. The predicted molar refractivity (Wildman–Crippen MR) is 493 cm³/mol. The second kappa shape index (κ2) is 50.4. The number of para-hydroxylation sites is 2. The van der Waals surface area contributed by atoms with Gasteiger partial charge in [0.1, 0.15) is 96.9 Å². The molecule has 0 unspecified atom stereocenters. The molecule has 43 heteroatoms. The van der Waals surface area contributed by atoms with Crippen molar-refractivity contribution in [2.75, 3.05) is 65.4 Å². The van der Waals surface area contributed by atoms with Gasteiger partial charge >= 0.3 is 11.9 Å². The number of fused-ring (bicyclic) bond motifs is 4. The van der Waals surface area contributed by atoms with E-state index >= 15 is 33.6 Å². The number of aromatic hydroxyl groups is 1. The first-order valence-corrected chi connectivity index (χ1v) is 46.4. The van der Waals surface area contributed by atoms with Gasteiger partial charge in [-0.1, -0.05) is 116 Å². The number of nitrogens with two attached hydrogens (primary N) is 3. The Morgan fingerprint density at radius 1 is 0.545 bits per heavy atom. The largest absolute Gasteiger partial charge is 0.508 e. The van der Waals surface area contributed by atoms with Gasteiger partial charge in [-0.25, -0.2) is 0 Å². The van der Waals surface area contributed by atoms with Gasteiger partial charge in [-0.3, -0.25) is 86.3 Å². The van der Waals surface area contributed by atoms with E-state index in [2.05, 4.69) is 58.2 Å². The minimum absolute atomic E-state index is 0.00128. The molecular formula is C91H130N20O22S. The number of carbonyl (C=O) groups is 18. The maximum Gasteiger partial charge on any atom is 0.323 e. The molecule has 2 aromatic heterocycles. The SMILES string of the molecule is CCCC[C@H]1C(=O)N(C)[C@@H](CCCC)C(=O)N[C@@H](CC(C)C)C(=O)N[C@H](C(=O)NCC(N)=O)CSCC(=O)N[C@@H](Cc2ccc(O)cc2)C(=O)N(C)[C@@H](C)C(=O)N[C@@H](CC(=O)O)C(=O)N2CCC[C@H]2C(=O)N[C@@H](CN)C(=O)N[C@@H](CC(C)C)C(=O)N2C[C@H](O)C[C@H]2C(=O)N[C@@H](Cc2c[nH]c3ccccc23)C(=O)N[C@@H](CCN)C(=O)N[C@@H](Cc2cn(CC(=O)O)c3ccccc23)C(=O)N1C. The number of aliphatic hydroxyl groups is 1. The lowest BCUT2D eigenvalue weighted by atomic mass is 9.99. The van der Waals surface area contributed by atoms with E-state index in [0.29, 0.717) is 64.2 Å². The smallest absolute Gasteiger partial charge is 0.323 e. The molecule has 3 aliphatic rings. The number of H-pyrrole nitrogens is 1. The van der Waals surface area contributed by atoms with Crippen LogP contribution in [0.5, 0.6) is 5.75 Å². The van der Waals surface area contributed by atoms with Crippen LogP contribution in [-0.2, 0) is 112 Å². The Balaban J connectivity index is 1.21. The predicted octanol–water partition coefficient (Wildman–Crippen LogP) is -1.64. The zero-order valence-electron chi connectivity index (χ0n) is 77.3. The summed E-state index contributed by atoms with van der Waals surface area (Å²) >= 11 is 0.775. The summed E-state index contributed by atoms with van der Waals surface area (Å²) in [5.74, 6) is -19.6. The molecule has 732 valence electrons. The minimum Gasteiger partial charge on any atom is -0.508 e. The summed E-state index contributed by atoms with van der Waals surface area (Å²) in [7, 11) is 3.88. The van der Waals surface area contributed by atoms with E-state index in [9.17, 15) is 73.2 Å². The fourth-order valence-electron chi connectivity index (χ4n) is 16.8. The number of rotatable bonds is 26. The zero-order chi connectivity index (χ0) is 98.6. The molecule has 3 aliphatic heterocycles. The fourth-order valence-corrected chi connectivity index (χ4v) is 17.6. The summed E-state index contributed by atoms with van der Waals surface area (Å²) in [4.78, 5) is 270. The molecule has 8 rings (SSSR count). The number of carboxylic acids is 2. The first-order valence-electron chi connectivity index (χ1n) is 45.3. The number of aliphatic hydroxyl groups excluding tert-OH is 1. The Morgan fingerprint density at radius 2 is 1.09 bits per heavy atom. The Hall–Kier alpha value is -12.8. The molecule has 134 heavy (non-hydrogen) atoms. The van der Waals surface area contributed by atoms with Crippen molar-refractivity contribution in [2.24, 2.45) is 29.0 Å². The van der Waals surface area contributed by atoms with Gasteiger partial charge < -0.3 is 125 Å². The number of phenols is 1. The summed E-state index contributed by atoms with van der Waals surface area (Å²) in [5, 5.41) is 69.4. The van der Waals surface area contributed by atoms with Gasteiger partial charge in [0, 0.05) is 106 Å². The fraction of sp³-hybridized carbons (Fsp3) is 0.560.